The van der Waals surface area contributed by atoms with Crippen LogP contribution in [0.3, 0.4) is 0 Å². The monoisotopic (exact) mass is 353 g/mol. The van der Waals surface area contributed by atoms with Gasteiger partial charge in [-0.3, -0.25) is 4.79 Å². The Morgan fingerprint density at radius 1 is 1.19 bits per heavy atom. The van der Waals surface area contributed by atoms with Crippen molar-refractivity contribution >= 4 is 21.8 Å². The van der Waals surface area contributed by atoms with Crippen LogP contribution in [0.1, 0.15) is 10.4 Å². The number of carbonyl (C=O) groups excluding carboxylic acids is 1. The lowest BCUT2D eigenvalue weighted by atomic mass is 10.2. The molecule has 0 atom stereocenters. The fourth-order valence-electron chi connectivity index (χ4n) is 1.52. The number of rotatable bonds is 5. The molecule has 8 heteroatoms. The first-order valence-electron chi connectivity index (χ1n) is 5.76. The van der Waals surface area contributed by atoms with E-state index in [9.17, 15) is 4.79 Å². The lowest BCUT2D eigenvalue weighted by Crippen LogP contribution is -2.11. The smallest absolute Gasteiger partial charge is 0.325 e. The summed E-state index contributed by atoms with van der Waals surface area (Å²) < 4.78 is 16.2. The van der Waals surface area contributed by atoms with Crippen molar-refractivity contribution < 1.29 is 19.0 Å². The number of primary amides is 1. The molecule has 1 aromatic carbocycles. The third kappa shape index (κ3) is 3.60. The maximum absolute atomic E-state index is 11.3. The summed E-state index contributed by atoms with van der Waals surface area (Å²) in [6, 6.07) is 4.64. The predicted octanol–water partition coefficient (Wildman–Crippen LogP) is 2.15. The number of nitrogens with two attached hydrogens (primary N) is 1. The van der Waals surface area contributed by atoms with Gasteiger partial charge < -0.3 is 19.9 Å². The van der Waals surface area contributed by atoms with Crippen LogP contribution in [0.4, 0.5) is 0 Å². The van der Waals surface area contributed by atoms with Gasteiger partial charge in [-0.1, -0.05) is 0 Å². The minimum absolute atomic E-state index is 0.0683. The van der Waals surface area contributed by atoms with Gasteiger partial charge in [-0.2, -0.15) is 4.98 Å². The molecule has 2 aromatic rings. The van der Waals surface area contributed by atoms with E-state index >= 15 is 0 Å². The molecule has 2 rings (SSSR count). The first-order valence-corrected chi connectivity index (χ1v) is 6.56. The molecule has 21 heavy (non-hydrogen) atoms. The molecule has 0 aliphatic rings. The molecule has 0 spiro atoms. The number of carbonyl (C=O) groups is 1. The second-order valence-electron chi connectivity index (χ2n) is 3.87. The number of ether oxygens (including phenoxy) is 3. The molecule has 0 aliphatic heterocycles. The molecule has 1 amide bonds. The molecule has 0 saturated carbocycles. The SMILES string of the molecule is COc1cc(Oc2ncc(Br)c(OC)n2)cc(C(N)=O)c1. The van der Waals surface area contributed by atoms with Gasteiger partial charge in [0, 0.05) is 11.6 Å². The molecule has 0 radical (unpaired) electrons. The van der Waals surface area contributed by atoms with Gasteiger partial charge in [0.05, 0.1) is 24.9 Å². The standard InChI is InChI=1S/C13H12BrN3O4/c1-19-8-3-7(11(15)18)4-9(5-8)21-13-16-6-10(14)12(17-13)20-2/h3-6H,1-2H3,(H2,15,18). The second-order valence-corrected chi connectivity index (χ2v) is 4.73. The largest absolute Gasteiger partial charge is 0.497 e. The van der Waals surface area contributed by atoms with Crippen LogP contribution in [0.2, 0.25) is 0 Å². The van der Waals surface area contributed by atoms with E-state index in [1.165, 1.54) is 32.5 Å². The van der Waals surface area contributed by atoms with Crippen LogP contribution in [-0.4, -0.2) is 30.1 Å². The third-order valence-electron chi connectivity index (χ3n) is 2.49. The summed E-state index contributed by atoms with van der Waals surface area (Å²) in [6.45, 7) is 0. The third-order valence-corrected chi connectivity index (χ3v) is 3.04. The number of amides is 1. The maximum Gasteiger partial charge on any atom is 0.325 e. The van der Waals surface area contributed by atoms with Crippen LogP contribution in [-0.2, 0) is 0 Å². The summed E-state index contributed by atoms with van der Waals surface area (Å²) in [7, 11) is 2.96. The average Bonchev–Trinajstić information content (AvgIpc) is 2.48. The van der Waals surface area contributed by atoms with Crippen molar-refractivity contribution in [1.29, 1.82) is 0 Å². The zero-order chi connectivity index (χ0) is 15.4. The van der Waals surface area contributed by atoms with E-state index in [1.807, 2.05) is 0 Å². The molecular formula is C13H12BrN3O4. The Balaban J connectivity index is 2.34. The summed E-state index contributed by atoms with van der Waals surface area (Å²) in [5, 5.41) is 0. The number of methoxy groups -OCH3 is 2. The molecule has 0 bridgehead atoms. The Labute approximate surface area is 129 Å². The zero-order valence-corrected chi connectivity index (χ0v) is 12.9. The minimum Gasteiger partial charge on any atom is -0.497 e. The van der Waals surface area contributed by atoms with Gasteiger partial charge in [-0.15, -0.1) is 0 Å². The Morgan fingerprint density at radius 3 is 2.52 bits per heavy atom. The van der Waals surface area contributed by atoms with Crippen molar-refractivity contribution in [2.45, 2.75) is 0 Å². The average molecular weight is 354 g/mol. The van der Waals surface area contributed by atoms with Crippen molar-refractivity contribution in [3.8, 4) is 23.4 Å². The van der Waals surface area contributed by atoms with Gasteiger partial charge in [0.2, 0.25) is 11.8 Å². The van der Waals surface area contributed by atoms with Crippen molar-refractivity contribution in [1.82, 2.24) is 9.97 Å². The van der Waals surface area contributed by atoms with Gasteiger partial charge in [-0.25, -0.2) is 4.98 Å². The van der Waals surface area contributed by atoms with E-state index in [-0.39, 0.29) is 11.6 Å². The van der Waals surface area contributed by atoms with Crippen LogP contribution < -0.4 is 19.9 Å². The molecule has 7 nitrogen and oxygen atoms in total. The van der Waals surface area contributed by atoms with E-state index in [2.05, 4.69) is 25.9 Å². The van der Waals surface area contributed by atoms with E-state index in [4.69, 9.17) is 19.9 Å². The van der Waals surface area contributed by atoms with Crippen LogP contribution >= 0.6 is 15.9 Å². The van der Waals surface area contributed by atoms with Gasteiger partial charge in [0.25, 0.3) is 0 Å². The van der Waals surface area contributed by atoms with Crippen molar-refractivity contribution in [3.63, 3.8) is 0 Å². The van der Waals surface area contributed by atoms with Gasteiger partial charge >= 0.3 is 6.01 Å². The van der Waals surface area contributed by atoms with E-state index in [1.54, 1.807) is 6.07 Å². The Kier molecular flexibility index (Phi) is 4.59. The molecule has 0 fully saturated rings. The quantitative estimate of drug-likeness (QED) is 0.884. The number of hydrogen-bond acceptors (Lipinski definition) is 6. The number of halogens is 1. The van der Waals surface area contributed by atoms with Gasteiger partial charge in [0.1, 0.15) is 11.5 Å². The fourth-order valence-corrected chi connectivity index (χ4v) is 1.88. The molecular weight excluding hydrogens is 342 g/mol. The van der Waals surface area contributed by atoms with Crippen LogP contribution in [0.15, 0.2) is 28.9 Å². The molecule has 110 valence electrons. The van der Waals surface area contributed by atoms with Gasteiger partial charge in [0.15, 0.2) is 0 Å². The summed E-state index contributed by atoms with van der Waals surface area (Å²) in [5.41, 5.74) is 5.52. The highest BCUT2D eigenvalue weighted by molar-refractivity contribution is 9.10. The zero-order valence-electron chi connectivity index (χ0n) is 11.3. The number of aromatic nitrogens is 2. The molecule has 1 aromatic heterocycles. The summed E-state index contributed by atoms with van der Waals surface area (Å²) >= 11 is 3.24. The van der Waals surface area contributed by atoms with E-state index in [0.717, 1.165) is 0 Å². The first-order chi connectivity index (χ1) is 10.0. The minimum atomic E-state index is -0.590. The molecule has 2 N–H and O–H groups in total. The number of hydrogen-bond donors (Lipinski definition) is 1. The summed E-state index contributed by atoms with van der Waals surface area (Å²) in [6.07, 6.45) is 1.50. The first kappa shape index (κ1) is 15.0. The normalized spacial score (nSPS) is 10.0. The Hall–Kier alpha value is -2.35. The lowest BCUT2D eigenvalue weighted by Gasteiger charge is -2.09. The van der Waals surface area contributed by atoms with Crippen LogP contribution in [0.5, 0.6) is 23.4 Å². The molecule has 0 saturated heterocycles. The molecule has 0 aliphatic carbocycles. The summed E-state index contributed by atoms with van der Waals surface area (Å²) in [5.74, 6) is 0.504. The highest BCUT2D eigenvalue weighted by atomic mass is 79.9. The molecule has 0 unspecified atom stereocenters. The van der Waals surface area contributed by atoms with Crippen molar-refractivity contribution in [3.05, 3.63) is 34.4 Å². The number of benzene rings is 1. The Bertz CT molecular complexity index is 678. The predicted molar refractivity (Wildman–Crippen MR) is 77.9 cm³/mol. The lowest BCUT2D eigenvalue weighted by molar-refractivity contribution is 0.0999. The van der Waals surface area contributed by atoms with Crippen LogP contribution in [0.25, 0.3) is 0 Å². The summed E-state index contributed by atoms with van der Waals surface area (Å²) in [4.78, 5) is 19.3. The maximum atomic E-state index is 11.3. The molecule has 1 heterocycles. The fraction of sp³-hybridized carbons (Fsp3) is 0.154. The number of nitrogens with zero attached hydrogens (tertiary/aromatic N) is 2. The van der Waals surface area contributed by atoms with E-state index < -0.39 is 5.91 Å². The van der Waals surface area contributed by atoms with E-state index in [0.29, 0.717) is 21.9 Å². The topological polar surface area (TPSA) is 96.6 Å². The second kappa shape index (κ2) is 6.40. The highest BCUT2D eigenvalue weighted by Gasteiger charge is 2.11. The van der Waals surface area contributed by atoms with Crippen molar-refractivity contribution in [2.75, 3.05) is 14.2 Å². The van der Waals surface area contributed by atoms with Crippen LogP contribution in [0, 0.1) is 0 Å². The van der Waals surface area contributed by atoms with Crippen molar-refractivity contribution in [2.24, 2.45) is 5.73 Å². The highest BCUT2D eigenvalue weighted by Crippen LogP contribution is 2.28. The van der Waals surface area contributed by atoms with Gasteiger partial charge in [-0.05, 0) is 28.1 Å². The Morgan fingerprint density at radius 2 is 1.90 bits per heavy atom.